The maximum absolute atomic E-state index is 13.3. The summed E-state index contributed by atoms with van der Waals surface area (Å²) in [4.78, 5) is 4.75. The number of ether oxygens (including phenoxy) is 1. The third kappa shape index (κ3) is 5.41. The average molecular weight is 419 g/mol. The summed E-state index contributed by atoms with van der Waals surface area (Å²) in [5.74, 6) is 1.48. The molecule has 0 aliphatic heterocycles. The van der Waals surface area contributed by atoms with Crippen molar-refractivity contribution in [3.05, 3.63) is 89.7 Å². The summed E-state index contributed by atoms with van der Waals surface area (Å²) in [6, 6.07) is 22.8. The summed E-state index contributed by atoms with van der Waals surface area (Å²) in [6.45, 7) is 3.12. The molecule has 0 unspecified atom stereocenters. The number of nitrogens with one attached hydrogen (secondary N) is 2. The van der Waals surface area contributed by atoms with Gasteiger partial charge >= 0.3 is 0 Å². The van der Waals surface area contributed by atoms with E-state index in [0.717, 1.165) is 54.3 Å². The van der Waals surface area contributed by atoms with Crippen molar-refractivity contribution in [1.29, 1.82) is 0 Å². The smallest absolute Gasteiger partial charge is 0.204 e. The molecule has 0 aliphatic rings. The minimum atomic E-state index is -0.224. The van der Waals surface area contributed by atoms with E-state index >= 15 is 0 Å². The van der Waals surface area contributed by atoms with Crippen LogP contribution in [-0.2, 0) is 13.0 Å². The highest BCUT2D eigenvalue weighted by Gasteiger charge is 2.10. The Kier molecular flexibility index (Phi) is 6.79. The number of para-hydroxylation sites is 2. The van der Waals surface area contributed by atoms with Gasteiger partial charge in [0.1, 0.15) is 11.6 Å². The lowest BCUT2D eigenvalue weighted by Gasteiger charge is -2.12. The van der Waals surface area contributed by atoms with Crippen LogP contribution in [0.2, 0.25) is 0 Å². The Hall–Kier alpha value is -3.38. The number of benzene rings is 3. The molecule has 1 heterocycles. The molecular weight excluding hydrogens is 391 g/mol. The molecule has 2 N–H and O–H groups in total. The molecule has 0 saturated heterocycles. The molecule has 1 aromatic heterocycles. The molecule has 3 aromatic carbocycles. The molecule has 0 amide bonds. The van der Waals surface area contributed by atoms with Crippen molar-refractivity contribution >= 4 is 17.0 Å². The molecule has 0 radical (unpaired) electrons. The van der Waals surface area contributed by atoms with E-state index in [2.05, 4.69) is 33.4 Å². The first-order chi connectivity index (χ1) is 15.2. The van der Waals surface area contributed by atoms with Gasteiger partial charge in [-0.2, -0.15) is 0 Å². The van der Waals surface area contributed by atoms with E-state index in [1.54, 1.807) is 7.11 Å². The van der Waals surface area contributed by atoms with E-state index in [1.807, 2.05) is 42.5 Å². The summed E-state index contributed by atoms with van der Waals surface area (Å²) < 4.78 is 20.6. The Balaban J connectivity index is 1.32. The standard InChI is InChI=1S/C25H27FN4O/c1-31-22-12-8-19(9-13-22)14-15-27-16-17-28-25-29-23-4-2-3-5-24(23)30(25)18-20-6-10-21(26)11-7-20/h2-13,27H,14-18H2,1H3,(H,28,29). The summed E-state index contributed by atoms with van der Waals surface area (Å²) >= 11 is 0. The first kappa shape index (κ1) is 20.9. The minimum absolute atomic E-state index is 0.224. The first-order valence-corrected chi connectivity index (χ1v) is 10.5. The summed E-state index contributed by atoms with van der Waals surface area (Å²) in [6.07, 6.45) is 0.965. The van der Waals surface area contributed by atoms with Crippen molar-refractivity contribution in [2.24, 2.45) is 0 Å². The van der Waals surface area contributed by atoms with Crippen LogP contribution >= 0.6 is 0 Å². The van der Waals surface area contributed by atoms with Crippen LogP contribution in [0.15, 0.2) is 72.8 Å². The molecule has 5 nitrogen and oxygen atoms in total. The topological polar surface area (TPSA) is 51.1 Å². The van der Waals surface area contributed by atoms with E-state index in [0.29, 0.717) is 6.54 Å². The number of halogens is 1. The fraction of sp³-hybridized carbons (Fsp3) is 0.240. The zero-order valence-electron chi connectivity index (χ0n) is 17.6. The fourth-order valence-electron chi connectivity index (χ4n) is 3.56. The number of hydrogen-bond donors (Lipinski definition) is 2. The van der Waals surface area contributed by atoms with Crippen molar-refractivity contribution in [3.8, 4) is 5.75 Å². The van der Waals surface area contributed by atoms with Crippen LogP contribution in [0.4, 0.5) is 10.3 Å². The predicted octanol–water partition coefficient (Wildman–Crippen LogP) is 4.48. The Morgan fingerprint density at radius 3 is 2.39 bits per heavy atom. The first-order valence-electron chi connectivity index (χ1n) is 10.5. The number of anilines is 1. The zero-order chi connectivity index (χ0) is 21.5. The van der Waals surface area contributed by atoms with Crippen LogP contribution in [-0.4, -0.2) is 36.3 Å². The van der Waals surface area contributed by atoms with Crippen LogP contribution in [0.5, 0.6) is 5.75 Å². The predicted molar refractivity (Wildman–Crippen MR) is 123 cm³/mol. The maximum Gasteiger partial charge on any atom is 0.204 e. The van der Waals surface area contributed by atoms with Gasteiger partial charge in [-0.3, -0.25) is 0 Å². The van der Waals surface area contributed by atoms with E-state index in [1.165, 1.54) is 17.7 Å². The Morgan fingerprint density at radius 1 is 0.871 bits per heavy atom. The van der Waals surface area contributed by atoms with Gasteiger partial charge in [0.2, 0.25) is 5.95 Å². The number of nitrogens with zero attached hydrogens (tertiary/aromatic N) is 2. The number of imidazole rings is 1. The second-order valence-corrected chi connectivity index (χ2v) is 7.41. The molecule has 31 heavy (non-hydrogen) atoms. The molecular formula is C25H27FN4O. The van der Waals surface area contributed by atoms with Crippen molar-refractivity contribution in [2.45, 2.75) is 13.0 Å². The second kappa shape index (κ2) is 10.1. The van der Waals surface area contributed by atoms with Crippen LogP contribution < -0.4 is 15.4 Å². The second-order valence-electron chi connectivity index (χ2n) is 7.41. The molecule has 4 rings (SSSR count). The van der Waals surface area contributed by atoms with Crippen LogP contribution in [0.25, 0.3) is 11.0 Å². The van der Waals surface area contributed by atoms with Gasteiger partial charge in [-0.1, -0.05) is 36.4 Å². The van der Waals surface area contributed by atoms with Crippen molar-refractivity contribution < 1.29 is 9.13 Å². The molecule has 0 atom stereocenters. The number of fused-ring (bicyclic) bond motifs is 1. The van der Waals surface area contributed by atoms with E-state index in [-0.39, 0.29) is 5.82 Å². The molecule has 6 heteroatoms. The molecule has 0 saturated carbocycles. The number of methoxy groups -OCH3 is 1. The highest BCUT2D eigenvalue weighted by atomic mass is 19.1. The van der Waals surface area contributed by atoms with Crippen LogP contribution in [0.1, 0.15) is 11.1 Å². The number of hydrogen-bond acceptors (Lipinski definition) is 4. The van der Waals surface area contributed by atoms with Crippen molar-refractivity contribution in [1.82, 2.24) is 14.9 Å². The maximum atomic E-state index is 13.3. The van der Waals surface area contributed by atoms with Gasteiger partial charge in [0.05, 0.1) is 24.7 Å². The number of aromatic nitrogens is 2. The third-order valence-corrected chi connectivity index (χ3v) is 5.24. The lowest BCUT2D eigenvalue weighted by molar-refractivity contribution is 0.414. The number of rotatable bonds is 10. The molecule has 0 aliphatic carbocycles. The lowest BCUT2D eigenvalue weighted by Crippen LogP contribution is -2.25. The molecule has 0 spiro atoms. The highest BCUT2D eigenvalue weighted by Crippen LogP contribution is 2.21. The third-order valence-electron chi connectivity index (χ3n) is 5.24. The quantitative estimate of drug-likeness (QED) is 0.373. The Labute approximate surface area is 181 Å². The summed E-state index contributed by atoms with van der Waals surface area (Å²) in [5.41, 5.74) is 4.31. The Morgan fingerprint density at radius 2 is 1.61 bits per heavy atom. The highest BCUT2D eigenvalue weighted by molar-refractivity contribution is 5.78. The average Bonchev–Trinajstić information content (AvgIpc) is 3.15. The van der Waals surface area contributed by atoms with Crippen molar-refractivity contribution in [3.63, 3.8) is 0 Å². The monoisotopic (exact) mass is 418 g/mol. The minimum Gasteiger partial charge on any atom is -0.497 e. The van der Waals surface area contributed by atoms with E-state index < -0.39 is 0 Å². The lowest BCUT2D eigenvalue weighted by atomic mass is 10.1. The van der Waals surface area contributed by atoms with Gasteiger partial charge in [-0.05, 0) is 60.5 Å². The van der Waals surface area contributed by atoms with Gasteiger partial charge in [0.15, 0.2) is 0 Å². The van der Waals surface area contributed by atoms with Gasteiger partial charge in [0.25, 0.3) is 0 Å². The summed E-state index contributed by atoms with van der Waals surface area (Å²) in [5, 5.41) is 6.92. The van der Waals surface area contributed by atoms with Gasteiger partial charge < -0.3 is 19.9 Å². The molecule has 0 fully saturated rings. The molecule has 0 bridgehead atoms. The van der Waals surface area contributed by atoms with Gasteiger partial charge in [-0.15, -0.1) is 0 Å². The molecule has 160 valence electrons. The largest absolute Gasteiger partial charge is 0.497 e. The van der Waals surface area contributed by atoms with Gasteiger partial charge in [-0.25, -0.2) is 9.37 Å². The molecule has 4 aromatic rings. The van der Waals surface area contributed by atoms with Crippen LogP contribution in [0, 0.1) is 5.82 Å². The van der Waals surface area contributed by atoms with E-state index in [4.69, 9.17) is 9.72 Å². The van der Waals surface area contributed by atoms with E-state index in [9.17, 15) is 4.39 Å². The van der Waals surface area contributed by atoms with Crippen LogP contribution in [0.3, 0.4) is 0 Å². The normalized spacial score (nSPS) is 11.0. The fourth-order valence-corrected chi connectivity index (χ4v) is 3.56. The Bertz CT molecular complexity index is 1110. The van der Waals surface area contributed by atoms with Gasteiger partial charge in [0, 0.05) is 13.1 Å². The zero-order valence-corrected chi connectivity index (χ0v) is 17.6. The summed E-state index contributed by atoms with van der Waals surface area (Å²) in [7, 11) is 1.68. The SMILES string of the molecule is COc1ccc(CCNCCNc2nc3ccccc3n2Cc2ccc(F)cc2)cc1. The van der Waals surface area contributed by atoms with Crippen molar-refractivity contribution in [2.75, 3.05) is 32.1 Å².